The second-order valence-corrected chi connectivity index (χ2v) is 7.64. The molecule has 4 nitrogen and oxygen atoms in total. The van der Waals surface area contributed by atoms with Crippen molar-refractivity contribution in [1.29, 1.82) is 0 Å². The molecule has 7 heteroatoms. The standard InChI is InChI=1S/C15H23F2NO3S/c1-9-3-4-11(5-10(9)2)6-18-7-12(15(16)17)14-13(8-18)20-22(19)21-14/h4,9-10,12-15H,3,5-8H2,1-2H3/t9?,10?,12-,13+,14+,22?/m0/s1. The smallest absolute Gasteiger partial charge is 0.296 e. The van der Waals surface area contributed by atoms with Crippen LogP contribution in [0.25, 0.3) is 0 Å². The zero-order valence-electron chi connectivity index (χ0n) is 12.9. The highest BCUT2D eigenvalue weighted by molar-refractivity contribution is 7.75. The van der Waals surface area contributed by atoms with Gasteiger partial charge in [-0.3, -0.25) is 13.3 Å². The Hall–Kier alpha value is -0.370. The van der Waals surface area contributed by atoms with Crippen LogP contribution in [0.5, 0.6) is 0 Å². The summed E-state index contributed by atoms with van der Waals surface area (Å²) in [5, 5.41) is 0. The average molecular weight is 335 g/mol. The molecule has 3 aliphatic rings. The van der Waals surface area contributed by atoms with Crippen LogP contribution in [-0.2, 0) is 19.7 Å². The molecule has 3 rings (SSSR count). The van der Waals surface area contributed by atoms with Gasteiger partial charge in [-0.1, -0.05) is 25.5 Å². The molecule has 1 aliphatic carbocycles. The Balaban J connectivity index is 1.66. The largest absolute Gasteiger partial charge is 0.305 e. The van der Waals surface area contributed by atoms with E-state index in [1.54, 1.807) is 0 Å². The zero-order valence-corrected chi connectivity index (χ0v) is 13.7. The molecule has 2 saturated heterocycles. The maximum atomic E-state index is 13.3. The summed E-state index contributed by atoms with van der Waals surface area (Å²) in [6, 6.07) is 0. The minimum atomic E-state index is -2.49. The number of nitrogens with zero attached hydrogens (tertiary/aromatic N) is 1. The van der Waals surface area contributed by atoms with Crippen molar-refractivity contribution in [2.45, 2.75) is 45.3 Å². The summed E-state index contributed by atoms with van der Waals surface area (Å²) in [7, 11) is 0. The Morgan fingerprint density at radius 1 is 1.32 bits per heavy atom. The molecule has 3 unspecified atom stereocenters. The Morgan fingerprint density at radius 3 is 2.77 bits per heavy atom. The molecular weight excluding hydrogens is 312 g/mol. The molecule has 0 bridgehead atoms. The highest BCUT2D eigenvalue weighted by Crippen LogP contribution is 2.35. The average Bonchev–Trinajstić information content (AvgIpc) is 2.82. The van der Waals surface area contributed by atoms with Crippen molar-refractivity contribution in [1.82, 2.24) is 4.90 Å². The normalized spacial score (nSPS) is 43.2. The highest BCUT2D eigenvalue weighted by Gasteiger charge is 2.49. The van der Waals surface area contributed by atoms with Crippen molar-refractivity contribution in [3.63, 3.8) is 0 Å². The molecule has 0 amide bonds. The van der Waals surface area contributed by atoms with Crippen LogP contribution in [0.15, 0.2) is 11.6 Å². The van der Waals surface area contributed by atoms with E-state index in [0.29, 0.717) is 24.9 Å². The van der Waals surface area contributed by atoms with Crippen molar-refractivity contribution < 1.29 is 21.4 Å². The molecule has 22 heavy (non-hydrogen) atoms. The monoisotopic (exact) mass is 335 g/mol. The molecule has 6 atom stereocenters. The molecule has 0 radical (unpaired) electrons. The molecule has 0 saturated carbocycles. The van der Waals surface area contributed by atoms with E-state index in [1.807, 2.05) is 4.90 Å². The summed E-state index contributed by atoms with van der Waals surface area (Å²) >= 11 is -1.89. The summed E-state index contributed by atoms with van der Waals surface area (Å²) < 4.78 is 48.1. The second kappa shape index (κ2) is 6.63. The van der Waals surface area contributed by atoms with Crippen LogP contribution in [0.3, 0.4) is 0 Å². The summed E-state index contributed by atoms with van der Waals surface area (Å²) in [4.78, 5) is 2.00. The second-order valence-electron chi connectivity index (χ2n) is 6.85. The Labute approximate surface area is 132 Å². The van der Waals surface area contributed by atoms with Crippen molar-refractivity contribution in [2.24, 2.45) is 17.8 Å². The van der Waals surface area contributed by atoms with Crippen LogP contribution in [-0.4, -0.2) is 47.4 Å². The van der Waals surface area contributed by atoms with Gasteiger partial charge in [0.05, 0.1) is 5.92 Å². The zero-order chi connectivity index (χ0) is 15.9. The maximum Gasteiger partial charge on any atom is 0.305 e. The van der Waals surface area contributed by atoms with E-state index in [0.717, 1.165) is 12.8 Å². The van der Waals surface area contributed by atoms with Gasteiger partial charge in [-0.05, 0) is 24.7 Å². The van der Waals surface area contributed by atoms with Crippen LogP contribution in [0.4, 0.5) is 8.78 Å². The van der Waals surface area contributed by atoms with Crippen molar-refractivity contribution >= 4 is 11.4 Å². The molecule has 2 fully saturated rings. The molecule has 0 spiro atoms. The van der Waals surface area contributed by atoms with E-state index in [1.165, 1.54) is 5.57 Å². The van der Waals surface area contributed by atoms with Crippen LogP contribution < -0.4 is 0 Å². The highest BCUT2D eigenvalue weighted by atomic mass is 32.2. The van der Waals surface area contributed by atoms with E-state index in [2.05, 4.69) is 19.9 Å². The van der Waals surface area contributed by atoms with Gasteiger partial charge in [-0.15, -0.1) is 0 Å². The van der Waals surface area contributed by atoms with E-state index in [-0.39, 0.29) is 6.54 Å². The number of alkyl halides is 2. The summed E-state index contributed by atoms with van der Waals surface area (Å²) in [5.41, 5.74) is 1.32. The summed E-state index contributed by atoms with van der Waals surface area (Å²) in [6.45, 7) is 5.94. The molecular formula is C15H23F2NO3S. The van der Waals surface area contributed by atoms with Gasteiger partial charge < -0.3 is 0 Å². The predicted molar refractivity (Wildman–Crippen MR) is 79.5 cm³/mol. The van der Waals surface area contributed by atoms with Gasteiger partial charge >= 0.3 is 11.4 Å². The van der Waals surface area contributed by atoms with E-state index >= 15 is 0 Å². The third-order valence-electron chi connectivity index (χ3n) is 5.17. The lowest BCUT2D eigenvalue weighted by molar-refractivity contribution is -0.0598. The lowest BCUT2D eigenvalue weighted by atomic mass is 9.81. The van der Waals surface area contributed by atoms with Gasteiger partial charge in [0.15, 0.2) is 0 Å². The Kier molecular flexibility index (Phi) is 4.97. The third kappa shape index (κ3) is 3.42. The van der Waals surface area contributed by atoms with Crippen LogP contribution >= 0.6 is 0 Å². The van der Waals surface area contributed by atoms with E-state index in [9.17, 15) is 13.0 Å². The van der Waals surface area contributed by atoms with E-state index < -0.39 is 35.9 Å². The van der Waals surface area contributed by atoms with Gasteiger partial charge in [0.25, 0.3) is 0 Å². The molecule has 2 heterocycles. The molecule has 0 aromatic carbocycles. The van der Waals surface area contributed by atoms with Crippen LogP contribution in [0, 0.1) is 17.8 Å². The first-order valence-electron chi connectivity index (χ1n) is 7.88. The summed E-state index contributed by atoms with van der Waals surface area (Å²) in [5.74, 6) is 0.366. The number of rotatable bonds is 3. The molecule has 0 aromatic heterocycles. The van der Waals surface area contributed by atoms with Crippen LogP contribution in [0.2, 0.25) is 0 Å². The fourth-order valence-corrected chi connectivity index (χ4v) is 4.46. The first-order valence-corrected chi connectivity index (χ1v) is 8.88. The molecule has 0 aromatic rings. The van der Waals surface area contributed by atoms with Crippen LogP contribution in [0.1, 0.15) is 26.7 Å². The van der Waals surface area contributed by atoms with Crippen molar-refractivity contribution in [3.8, 4) is 0 Å². The van der Waals surface area contributed by atoms with Gasteiger partial charge in [-0.2, -0.15) is 4.21 Å². The van der Waals surface area contributed by atoms with Gasteiger partial charge in [0.2, 0.25) is 6.43 Å². The first-order chi connectivity index (χ1) is 10.4. The lowest BCUT2D eigenvalue weighted by Gasteiger charge is -2.39. The number of allylic oxidation sites excluding steroid dienone is 1. The number of hydrogen-bond donors (Lipinski definition) is 0. The quantitative estimate of drug-likeness (QED) is 0.743. The SMILES string of the molecule is CC1CC=C(CN2C[C@H](C(F)F)[C@H]3OS(=O)O[C@@H]3C2)CC1C. The lowest BCUT2D eigenvalue weighted by Crippen LogP contribution is -2.53. The summed E-state index contributed by atoms with van der Waals surface area (Å²) in [6.07, 6.45) is 0.559. The fourth-order valence-electron chi connectivity index (χ4n) is 3.59. The topological polar surface area (TPSA) is 38.8 Å². The Morgan fingerprint density at radius 2 is 2.09 bits per heavy atom. The number of fused-ring (bicyclic) bond motifs is 1. The van der Waals surface area contributed by atoms with Gasteiger partial charge in [-0.25, -0.2) is 8.78 Å². The first kappa shape index (κ1) is 16.5. The minimum absolute atomic E-state index is 0.265. The number of halogens is 2. The predicted octanol–water partition coefficient (Wildman–Crippen LogP) is 2.54. The fraction of sp³-hybridized carbons (Fsp3) is 0.867. The van der Waals surface area contributed by atoms with E-state index in [4.69, 9.17) is 8.37 Å². The Bertz CT molecular complexity index is 474. The molecule has 126 valence electrons. The number of hydrogen-bond acceptors (Lipinski definition) is 4. The minimum Gasteiger partial charge on any atom is -0.296 e. The maximum absolute atomic E-state index is 13.3. The molecule has 0 N–H and O–H groups in total. The third-order valence-corrected chi connectivity index (χ3v) is 5.96. The number of likely N-dealkylation sites (tertiary alicyclic amines) is 1. The van der Waals surface area contributed by atoms with Gasteiger partial charge in [0.1, 0.15) is 12.2 Å². The molecule has 2 aliphatic heterocycles. The van der Waals surface area contributed by atoms with Gasteiger partial charge in [0, 0.05) is 19.6 Å². The van der Waals surface area contributed by atoms with Crippen molar-refractivity contribution in [2.75, 3.05) is 19.6 Å². The number of piperidine rings is 1. The van der Waals surface area contributed by atoms with Crippen molar-refractivity contribution in [3.05, 3.63) is 11.6 Å².